The summed E-state index contributed by atoms with van der Waals surface area (Å²) < 4.78 is 1.64. The Kier molecular flexibility index (Phi) is 6.20. The summed E-state index contributed by atoms with van der Waals surface area (Å²) in [6, 6.07) is 16.3. The van der Waals surface area contributed by atoms with Crippen LogP contribution in [0.3, 0.4) is 0 Å². The molecule has 162 valence electrons. The van der Waals surface area contributed by atoms with Gasteiger partial charge in [-0.2, -0.15) is 0 Å². The fourth-order valence-electron chi connectivity index (χ4n) is 4.62. The largest absolute Gasteiger partial charge is 0.478 e. The molecular weight excluding hydrogens is 390 g/mol. The molecule has 3 aromatic rings. The van der Waals surface area contributed by atoms with Gasteiger partial charge in [0.15, 0.2) is 0 Å². The summed E-state index contributed by atoms with van der Waals surface area (Å²) >= 11 is 0. The zero-order chi connectivity index (χ0) is 22.0. The summed E-state index contributed by atoms with van der Waals surface area (Å²) in [4.78, 5) is 28.7. The van der Waals surface area contributed by atoms with Gasteiger partial charge in [0.2, 0.25) is 0 Å². The molecule has 1 aliphatic heterocycles. The molecule has 0 saturated carbocycles. The van der Waals surface area contributed by atoms with Gasteiger partial charge in [0, 0.05) is 42.6 Å². The van der Waals surface area contributed by atoms with Crippen LogP contribution in [-0.4, -0.2) is 46.7 Å². The van der Waals surface area contributed by atoms with E-state index in [4.69, 9.17) is 0 Å². The highest BCUT2D eigenvalue weighted by Gasteiger charge is 2.32. The van der Waals surface area contributed by atoms with Crippen molar-refractivity contribution in [3.05, 3.63) is 76.2 Å². The van der Waals surface area contributed by atoms with Gasteiger partial charge >= 0.3 is 5.97 Å². The Balaban J connectivity index is 2.11. The molecule has 0 bridgehead atoms. The minimum absolute atomic E-state index is 0.175. The average Bonchev–Trinajstić information content (AvgIpc) is 2.78. The van der Waals surface area contributed by atoms with Crippen molar-refractivity contribution in [2.24, 2.45) is 5.92 Å². The van der Waals surface area contributed by atoms with Crippen LogP contribution in [0, 0.1) is 5.92 Å². The van der Waals surface area contributed by atoms with E-state index >= 15 is 0 Å². The van der Waals surface area contributed by atoms with E-state index in [1.54, 1.807) is 28.8 Å². The number of aromatic nitrogens is 1. The maximum atomic E-state index is 13.7. The highest BCUT2D eigenvalue weighted by molar-refractivity contribution is 6.04. The summed E-state index contributed by atoms with van der Waals surface area (Å²) in [6.45, 7) is 7.60. The second kappa shape index (κ2) is 9.04. The van der Waals surface area contributed by atoms with E-state index < -0.39 is 5.97 Å². The highest BCUT2D eigenvalue weighted by atomic mass is 16.4. The van der Waals surface area contributed by atoms with Crippen molar-refractivity contribution in [3.63, 3.8) is 0 Å². The van der Waals surface area contributed by atoms with Crippen molar-refractivity contribution in [2.45, 2.75) is 26.3 Å². The molecule has 2 N–H and O–H groups in total. The van der Waals surface area contributed by atoms with Crippen LogP contribution >= 0.6 is 0 Å². The number of piperazine rings is 1. The Hall–Kier alpha value is -2.96. The Morgan fingerprint density at radius 1 is 1.00 bits per heavy atom. The Morgan fingerprint density at radius 2 is 1.61 bits per heavy atom. The molecule has 6 heteroatoms. The smallest absolute Gasteiger partial charge is 0.338 e. The quantitative estimate of drug-likeness (QED) is 0.638. The van der Waals surface area contributed by atoms with E-state index in [1.165, 1.54) is 0 Å². The number of para-hydroxylation sites is 1. The molecule has 2 heterocycles. The van der Waals surface area contributed by atoms with Crippen molar-refractivity contribution < 1.29 is 9.90 Å². The third kappa shape index (κ3) is 4.13. The number of carboxylic acids is 1. The van der Waals surface area contributed by atoms with E-state index in [9.17, 15) is 14.7 Å². The molecular formula is C25H29N3O3. The summed E-state index contributed by atoms with van der Waals surface area (Å²) in [7, 11) is 0. The summed E-state index contributed by atoms with van der Waals surface area (Å²) in [5.74, 6) is -0.660. The van der Waals surface area contributed by atoms with Crippen molar-refractivity contribution in [3.8, 4) is 5.69 Å². The minimum Gasteiger partial charge on any atom is -0.478 e. The van der Waals surface area contributed by atoms with Gasteiger partial charge < -0.3 is 10.4 Å². The van der Waals surface area contributed by atoms with E-state index in [1.807, 2.05) is 30.3 Å². The normalized spacial score (nSPS) is 16.0. The number of nitrogens with zero attached hydrogens (tertiary/aromatic N) is 2. The maximum absolute atomic E-state index is 13.7. The third-order valence-corrected chi connectivity index (χ3v) is 5.96. The lowest BCUT2D eigenvalue weighted by Gasteiger charge is -2.38. The van der Waals surface area contributed by atoms with E-state index in [0.717, 1.165) is 32.6 Å². The third-order valence-electron chi connectivity index (χ3n) is 5.96. The van der Waals surface area contributed by atoms with Gasteiger partial charge in [-0.3, -0.25) is 14.3 Å². The van der Waals surface area contributed by atoms with Crippen molar-refractivity contribution in [1.29, 1.82) is 0 Å². The molecule has 6 nitrogen and oxygen atoms in total. The highest BCUT2D eigenvalue weighted by Crippen LogP contribution is 2.34. The van der Waals surface area contributed by atoms with Crippen molar-refractivity contribution >= 4 is 16.7 Å². The fraction of sp³-hybridized carbons (Fsp3) is 0.360. The van der Waals surface area contributed by atoms with Crippen LogP contribution in [0.4, 0.5) is 0 Å². The first-order valence-corrected chi connectivity index (χ1v) is 10.9. The second-order valence-electron chi connectivity index (χ2n) is 8.52. The first-order valence-electron chi connectivity index (χ1n) is 10.9. The van der Waals surface area contributed by atoms with Gasteiger partial charge in [-0.05, 0) is 30.5 Å². The molecule has 1 aromatic heterocycles. The zero-order valence-corrected chi connectivity index (χ0v) is 18.0. The second-order valence-corrected chi connectivity index (χ2v) is 8.52. The molecule has 1 atom stereocenters. The number of benzene rings is 2. The number of hydrogen-bond acceptors (Lipinski definition) is 4. The average molecular weight is 420 g/mol. The molecule has 4 rings (SSSR count). The van der Waals surface area contributed by atoms with E-state index in [0.29, 0.717) is 28.1 Å². The van der Waals surface area contributed by atoms with Crippen molar-refractivity contribution in [2.75, 3.05) is 26.2 Å². The van der Waals surface area contributed by atoms with Gasteiger partial charge in [-0.25, -0.2) is 4.79 Å². The Morgan fingerprint density at radius 3 is 2.23 bits per heavy atom. The summed E-state index contributed by atoms with van der Waals surface area (Å²) in [6.07, 6.45) is 0.769. The number of aromatic carboxylic acids is 1. The minimum atomic E-state index is -1.00. The van der Waals surface area contributed by atoms with Gasteiger partial charge in [0.25, 0.3) is 5.56 Å². The first-order chi connectivity index (χ1) is 15.0. The molecule has 0 aliphatic carbocycles. The zero-order valence-electron chi connectivity index (χ0n) is 18.0. The summed E-state index contributed by atoms with van der Waals surface area (Å²) in [5, 5.41) is 14.7. The first kappa shape index (κ1) is 21.3. The maximum Gasteiger partial charge on any atom is 0.338 e. The number of carboxylic acid groups (broad SMARTS) is 1. The topological polar surface area (TPSA) is 74.6 Å². The number of nitrogens with one attached hydrogen (secondary N) is 1. The van der Waals surface area contributed by atoms with E-state index in [-0.39, 0.29) is 17.2 Å². The number of rotatable bonds is 6. The van der Waals surface area contributed by atoms with Crippen LogP contribution in [-0.2, 0) is 0 Å². The van der Waals surface area contributed by atoms with Gasteiger partial charge in [0.1, 0.15) is 0 Å². The predicted octanol–water partition coefficient (Wildman–Crippen LogP) is 3.68. The van der Waals surface area contributed by atoms with Crippen LogP contribution in [0.25, 0.3) is 16.5 Å². The molecule has 31 heavy (non-hydrogen) atoms. The van der Waals surface area contributed by atoms with Crippen LogP contribution < -0.4 is 10.9 Å². The summed E-state index contributed by atoms with van der Waals surface area (Å²) in [5.41, 5.74) is 1.33. The van der Waals surface area contributed by atoms with Crippen LogP contribution in [0.1, 0.15) is 42.4 Å². The predicted molar refractivity (Wildman–Crippen MR) is 123 cm³/mol. The van der Waals surface area contributed by atoms with Crippen molar-refractivity contribution in [1.82, 2.24) is 14.8 Å². The lowest BCUT2D eigenvalue weighted by Crippen LogP contribution is -2.47. The molecule has 1 saturated heterocycles. The number of hydrogen-bond donors (Lipinski definition) is 2. The van der Waals surface area contributed by atoms with E-state index in [2.05, 4.69) is 24.1 Å². The molecule has 0 amide bonds. The lowest BCUT2D eigenvalue weighted by atomic mass is 9.92. The number of pyridine rings is 1. The van der Waals surface area contributed by atoms with Crippen LogP contribution in [0.5, 0.6) is 0 Å². The molecule has 1 unspecified atom stereocenters. The Bertz CT molecular complexity index is 1130. The molecule has 1 aliphatic rings. The van der Waals surface area contributed by atoms with Gasteiger partial charge in [-0.15, -0.1) is 0 Å². The van der Waals surface area contributed by atoms with Crippen LogP contribution in [0.15, 0.2) is 59.4 Å². The molecule has 0 radical (unpaired) electrons. The van der Waals surface area contributed by atoms with Gasteiger partial charge in [0.05, 0.1) is 17.3 Å². The standard InChI is InChI=1S/C25H29N3O3/c1-17(2)16-21(27-14-12-26-13-15-27)23-22(25(30)31)19-10-6-7-11-20(19)24(29)28(23)18-8-4-3-5-9-18/h3-11,17,21,26H,12-16H2,1-2H3,(H,30,31). The molecule has 1 fully saturated rings. The number of carbonyl (C=O) groups is 1. The van der Waals surface area contributed by atoms with Crippen LogP contribution in [0.2, 0.25) is 0 Å². The lowest BCUT2D eigenvalue weighted by molar-refractivity contribution is 0.0690. The van der Waals surface area contributed by atoms with Gasteiger partial charge in [-0.1, -0.05) is 50.2 Å². The SMILES string of the molecule is CC(C)CC(c1c(C(=O)O)c2ccccc2c(=O)n1-c1ccccc1)N1CCNCC1. The molecule has 2 aromatic carbocycles. The Labute approximate surface area is 182 Å². The monoisotopic (exact) mass is 419 g/mol. The molecule has 0 spiro atoms. The number of fused-ring (bicyclic) bond motifs is 1. The fourth-order valence-corrected chi connectivity index (χ4v) is 4.62.